The Labute approximate surface area is 191 Å². The number of nitrogens with one attached hydrogen (secondary N) is 1. The van der Waals surface area contributed by atoms with Crippen LogP contribution in [0.3, 0.4) is 0 Å². The number of anilines is 1. The molecule has 0 bridgehead atoms. The van der Waals surface area contributed by atoms with E-state index in [0.29, 0.717) is 34.0 Å². The van der Waals surface area contributed by atoms with Crippen molar-refractivity contribution in [3.63, 3.8) is 0 Å². The molecule has 3 aromatic carbocycles. The van der Waals surface area contributed by atoms with Gasteiger partial charge in [0.2, 0.25) is 5.91 Å². The predicted molar refractivity (Wildman–Crippen MR) is 126 cm³/mol. The molecule has 4 aromatic rings. The van der Waals surface area contributed by atoms with Gasteiger partial charge in [-0.1, -0.05) is 18.1 Å². The Bertz CT molecular complexity index is 1340. The van der Waals surface area contributed by atoms with Crippen molar-refractivity contribution in [1.82, 2.24) is 4.98 Å². The number of nitrogens with zero attached hydrogens (tertiary/aromatic N) is 1. The molecular weight excluding hydrogens is 414 g/mol. The quantitative estimate of drug-likeness (QED) is 0.449. The number of pyridine rings is 1. The first-order chi connectivity index (χ1) is 16.1. The van der Waals surface area contributed by atoms with Crippen molar-refractivity contribution in [2.24, 2.45) is 5.73 Å². The van der Waals surface area contributed by atoms with Crippen molar-refractivity contribution in [3.05, 3.63) is 120 Å². The van der Waals surface area contributed by atoms with Crippen LogP contribution in [0, 0.1) is 11.8 Å². The maximum absolute atomic E-state index is 12.6. The molecule has 1 heterocycles. The second-order valence-corrected chi connectivity index (χ2v) is 7.01. The smallest absolute Gasteiger partial charge is 0.255 e. The number of amides is 2. The summed E-state index contributed by atoms with van der Waals surface area (Å²) in [5.74, 6) is 6.42. The van der Waals surface area contributed by atoms with Gasteiger partial charge >= 0.3 is 0 Å². The predicted octanol–water partition coefficient (Wildman–Crippen LogP) is 4.62. The Morgan fingerprint density at radius 3 is 2.12 bits per heavy atom. The van der Waals surface area contributed by atoms with Gasteiger partial charge in [0.15, 0.2) is 0 Å². The summed E-state index contributed by atoms with van der Waals surface area (Å²) in [4.78, 5) is 28.0. The topological polar surface area (TPSA) is 94.3 Å². The van der Waals surface area contributed by atoms with Gasteiger partial charge in [-0.2, -0.15) is 0 Å². The second kappa shape index (κ2) is 9.94. The molecule has 0 spiro atoms. The van der Waals surface area contributed by atoms with Crippen molar-refractivity contribution < 1.29 is 14.3 Å². The first kappa shape index (κ1) is 21.3. The third kappa shape index (κ3) is 5.84. The Morgan fingerprint density at radius 2 is 1.48 bits per heavy atom. The maximum Gasteiger partial charge on any atom is 0.255 e. The van der Waals surface area contributed by atoms with Gasteiger partial charge in [-0.3, -0.25) is 9.59 Å². The van der Waals surface area contributed by atoms with Gasteiger partial charge in [-0.25, -0.2) is 4.98 Å². The minimum absolute atomic E-state index is 0.248. The number of aromatic nitrogens is 1. The van der Waals surface area contributed by atoms with Crippen molar-refractivity contribution >= 4 is 17.5 Å². The average Bonchev–Trinajstić information content (AvgIpc) is 2.84. The number of hydrogen-bond acceptors (Lipinski definition) is 4. The number of rotatable bonds is 5. The number of primary amides is 1. The fraction of sp³-hybridized carbons (Fsp3) is 0. The molecule has 0 aliphatic rings. The lowest BCUT2D eigenvalue weighted by Gasteiger charge is -2.08. The summed E-state index contributed by atoms with van der Waals surface area (Å²) in [5.41, 5.74) is 8.21. The summed E-state index contributed by atoms with van der Waals surface area (Å²) in [6.45, 7) is 0. The van der Waals surface area contributed by atoms with Crippen molar-refractivity contribution in [1.29, 1.82) is 0 Å². The number of benzene rings is 3. The van der Waals surface area contributed by atoms with Gasteiger partial charge in [0.25, 0.3) is 5.91 Å². The summed E-state index contributed by atoms with van der Waals surface area (Å²) >= 11 is 0. The summed E-state index contributed by atoms with van der Waals surface area (Å²) in [6.07, 6.45) is 1.69. The second-order valence-electron chi connectivity index (χ2n) is 7.01. The van der Waals surface area contributed by atoms with Crippen LogP contribution in [0.2, 0.25) is 0 Å². The highest BCUT2D eigenvalue weighted by Crippen LogP contribution is 2.22. The summed E-state index contributed by atoms with van der Waals surface area (Å²) in [6, 6.07) is 26.1. The normalized spacial score (nSPS) is 9.94. The molecule has 0 aliphatic heterocycles. The van der Waals surface area contributed by atoms with E-state index < -0.39 is 5.91 Å². The van der Waals surface area contributed by atoms with Gasteiger partial charge in [0.1, 0.15) is 17.2 Å². The molecule has 0 atom stereocenters. The van der Waals surface area contributed by atoms with E-state index >= 15 is 0 Å². The van der Waals surface area contributed by atoms with E-state index in [1.54, 1.807) is 66.9 Å². The SMILES string of the molecule is NC(=O)c1ccc(Oc2ccc(C(=O)Nc3cccc(C#Cc4ccccn4)c3)cc2)cc1. The zero-order valence-corrected chi connectivity index (χ0v) is 17.5. The molecule has 4 rings (SSSR count). The number of carbonyl (C=O) groups excluding carboxylic acids is 2. The van der Waals surface area contributed by atoms with Crippen LogP contribution in [0.4, 0.5) is 5.69 Å². The molecule has 6 heteroatoms. The van der Waals surface area contributed by atoms with Crippen molar-refractivity contribution in [3.8, 4) is 23.3 Å². The van der Waals surface area contributed by atoms with Crippen LogP contribution in [0.25, 0.3) is 0 Å². The fourth-order valence-electron chi connectivity index (χ4n) is 2.95. The minimum atomic E-state index is -0.498. The van der Waals surface area contributed by atoms with Crippen molar-refractivity contribution in [2.45, 2.75) is 0 Å². The minimum Gasteiger partial charge on any atom is -0.457 e. The van der Waals surface area contributed by atoms with E-state index in [1.807, 2.05) is 30.3 Å². The Kier molecular flexibility index (Phi) is 6.43. The summed E-state index contributed by atoms with van der Waals surface area (Å²) in [5, 5.41) is 2.88. The standard InChI is InChI=1S/C27H19N3O3/c28-26(31)20-8-13-24(14-9-20)33-25-15-10-21(11-16-25)27(32)30-23-6-3-4-19(18-23)7-12-22-5-1-2-17-29-22/h1-6,8-11,13-18H,(H2,28,31)(H,30,32). The highest BCUT2D eigenvalue weighted by Gasteiger charge is 2.08. The molecule has 0 unspecified atom stereocenters. The lowest BCUT2D eigenvalue weighted by Crippen LogP contribution is -2.11. The van der Waals surface area contributed by atoms with Gasteiger partial charge in [0.05, 0.1) is 0 Å². The van der Waals surface area contributed by atoms with Crippen LogP contribution in [-0.2, 0) is 0 Å². The van der Waals surface area contributed by atoms with Crippen molar-refractivity contribution in [2.75, 3.05) is 5.32 Å². The van der Waals surface area contributed by atoms with E-state index in [4.69, 9.17) is 10.5 Å². The third-order valence-corrected chi connectivity index (χ3v) is 4.61. The number of carbonyl (C=O) groups is 2. The fourth-order valence-corrected chi connectivity index (χ4v) is 2.95. The van der Waals surface area contributed by atoms with E-state index in [0.717, 1.165) is 5.56 Å². The van der Waals surface area contributed by atoms with Crippen LogP contribution in [-0.4, -0.2) is 16.8 Å². The molecule has 0 saturated heterocycles. The molecule has 33 heavy (non-hydrogen) atoms. The van der Waals surface area contributed by atoms with E-state index in [2.05, 4.69) is 22.1 Å². The average molecular weight is 433 g/mol. The molecule has 0 aliphatic carbocycles. The number of ether oxygens (including phenoxy) is 1. The molecular formula is C27H19N3O3. The zero-order chi connectivity index (χ0) is 23.0. The molecule has 0 fully saturated rings. The Hall–Kier alpha value is -4.89. The number of hydrogen-bond donors (Lipinski definition) is 2. The van der Waals surface area contributed by atoms with Crippen LogP contribution >= 0.6 is 0 Å². The largest absolute Gasteiger partial charge is 0.457 e. The third-order valence-electron chi connectivity index (χ3n) is 4.61. The lowest BCUT2D eigenvalue weighted by molar-refractivity contribution is 0.0997. The van der Waals surface area contributed by atoms with Gasteiger partial charge in [-0.15, -0.1) is 0 Å². The van der Waals surface area contributed by atoms with Crippen LogP contribution in [0.5, 0.6) is 11.5 Å². The number of nitrogens with two attached hydrogens (primary N) is 1. The first-order valence-electron chi connectivity index (χ1n) is 10.1. The molecule has 160 valence electrons. The van der Waals surface area contributed by atoms with E-state index in [9.17, 15) is 9.59 Å². The monoisotopic (exact) mass is 433 g/mol. The highest BCUT2D eigenvalue weighted by atomic mass is 16.5. The highest BCUT2D eigenvalue weighted by molar-refractivity contribution is 6.04. The summed E-state index contributed by atoms with van der Waals surface area (Å²) < 4.78 is 5.74. The maximum atomic E-state index is 12.6. The molecule has 3 N–H and O–H groups in total. The summed E-state index contributed by atoms with van der Waals surface area (Å²) in [7, 11) is 0. The van der Waals surface area contributed by atoms with Crippen LogP contribution < -0.4 is 15.8 Å². The Balaban J connectivity index is 1.39. The molecule has 2 amide bonds. The zero-order valence-electron chi connectivity index (χ0n) is 17.5. The van der Waals surface area contributed by atoms with E-state index in [-0.39, 0.29) is 5.91 Å². The van der Waals surface area contributed by atoms with Gasteiger partial charge in [-0.05, 0) is 84.8 Å². The lowest BCUT2D eigenvalue weighted by atomic mass is 10.1. The first-order valence-corrected chi connectivity index (χ1v) is 10.1. The molecule has 1 aromatic heterocycles. The van der Waals surface area contributed by atoms with Crippen LogP contribution in [0.15, 0.2) is 97.2 Å². The molecule has 0 saturated carbocycles. The van der Waals surface area contributed by atoms with Gasteiger partial charge < -0.3 is 15.8 Å². The molecule has 0 radical (unpaired) electrons. The Morgan fingerprint density at radius 1 is 0.788 bits per heavy atom. The van der Waals surface area contributed by atoms with Crippen LogP contribution in [0.1, 0.15) is 32.0 Å². The van der Waals surface area contributed by atoms with Gasteiger partial charge in [0, 0.05) is 28.6 Å². The van der Waals surface area contributed by atoms with E-state index in [1.165, 1.54) is 0 Å². The molecule has 6 nitrogen and oxygen atoms in total.